The van der Waals surface area contributed by atoms with Crippen LogP contribution in [0.5, 0.6) is 11.6 Å². The molecule has 0 fully saturated rings. The molecule has 0 spiro atoms. The third-order valence-electron chi connectivity index (χ3n) is 4.67. The zero-order chi connectivity index (χ0) is 20.5. The second kappa shape index (κ2) is 7.28. The quantitative estimate of drug-likeness (QED) is 0.723. The Morgan fingerprint density at radius 1 is 1.17 bits per heavy atom. The van der Waals surface area contributed by atoms with E-state index in [4.69, 9.17) is 10.5 Å². The maximum Gasteiger partial charge on any atom is 0.387 e. The van der Waals surface area contributed by atoms with Crippen LogP contribution in [0.15, 0.2) is 66.1 Å². The van der Waals surface area contributed by atoms with E-state index in [1.807, 2.05) is 37.3 Å². The Bertz CT molecular complexity index is 1120. The van der Waals surface area contributed by atoms with Crippen LogP contribution in [-0.4, -0.2) is 16.4 Å². The van der Waals surface area contributed by atoms with E-state index in [2.05, 4.69) is 15.9 Å². The number of alkyl halides is 2. The molecule has 1 aromatic heterocycles. The lowest BCUT2D eigenvalue weighted by molar-refractivity contribution is -0.0498. The number of allylic oxidation sites excluding steroid dienone is 1. The van der Waals surface area contributed by atoms with Gasteiger partial charge in [-0.25, -0.2) is 4.68 Å². The van der Waals surface area contributed by atoms with E-state index in [1.165, 1.54) is 12.1 Å². The molecular weight excluding hydrogens is 378 g/mol. The molecule has 0 saturated carbocycles. The predicted octanol–water partition coefficient (Wildman–Crippen LogP) is 4.00. The fraction of sp³-hybridized carbons (Fsp3) is 0.143. The molecule has 4 rings (SSSR count). The van der Waals surface area contributed by atoms with E-state index < -0.39 is 12.5 Å². The SMILES string of the molecule is Cc1nn(-c2ccccc2)c2c1[C@H](c1ccc(OC(F)F)cc1)C(C#N)=C(N)O2. The van der Waals surface area contributed by atoms with Crippen molar-refractivity contribution in [3.05, 3.63) is 82.9 Å². The minimum atomic E-state index is -2.91. The lowest BCUT2D eigenvalue weighted by atomic mass is 9.84. The molecule has 3 aromatic rings. The Morgan fingerprint density at radius 2 is 1.86 bits per heavy atom. The molecule has 29 heavy (non-hydrogen) atoms. The number of nitrogens with zero attached hydrogens (tertiary/aromatic N) is 3. The van der Waals surface area contributed by atoms with E-state index >= 15 is 0 Å². The first kappa shape index (κ1) is 18.5. The highest BCUT2D eigenvalue weighted by molar-refractivity contribution is 5.57. The van der Waals surface area contributed by atoms with Crippen molar-refractivity contribution < 1.29 is 18.3 Å². The number of aromatic nitrogens is 2. The first-order valence-corrected chi connectivity index (χ1v) is 8.77. The number of halogens is 2. The minimum Gasteiger partial charge on any atom is -0.435 e. The van der Waals surface area contributed by atoms with E-state index in [0.29, 0.717) is 22.7 Å². The number of hydrogen-bond acceptors (Lipinski definition) is 5. The summed E-state index contributed by atoms with van der Waals surface area (Å²) in [5, 5.41) is 14.3. The molecule has 0 saturated heterocycles. The third-order valence-corrected chi connectivity index (χ3v) is 4.67. The summed E-state index contributed by atoms with van der Waals surface area (Å²) in [6.45, 7) is -1.09. The van der Waals surface area contributed by atoms with Crippen LogP contribution in [0.2, 0.25) is 0 Å². The second-order valence-electron chi connectivity index (χ2n) is 6.42. The van der Waals surface area contributed by atoms with E-state index in [9.17, 15) is 14.0 Å². The van der Waals surface area contributed by atoms with Crippen LogP contribution in [0.4, 0.5) is 8.78 Å². The lowest BCUT2D eigenvalue weighted by Gasteiger charge is -2.25. The summed E-state index contributed by atoms with van der Waals surface area (Å²) in [4.78, 5) is 0. The van der Waals surface area contributed by atoms with Gasteiger partial charge in [0.05, 0.1) is 22.9 Å². The van der Waals surface area contributed by atoms with Gasteiger partial charge in [-0.15, -0.1) is 0 Å². The van der Waals surface area contributed by atoms with Crippen LogP contribution in [0.3, 0.4) is 0 Å². The minimum absolute atomic E-state index is 0.0185. The van der Waals surface area contributed by atoms with E-state index in [0.717, 1.165) is 5.69 Å². The average molecular weight is 394 g/mol. The maximum absolute atomic E-state index is 12.4. The summed E-state index contributed by atoms with van der Waals surface area (Å²) >= 11 is 0. The third kappa shape index (κ3) is 3.27. The molecule has 0 radical (unpaired) electrons. The van der Waals surface area contributed by atoms with Gasteiger partial charge >= 0.3 is 6.61 Å². The van der Waals surface area contributed by atoms with Gasteiger partial charge in [0.15, 0.2) is 0 Å². The molecule has 2 aromatic carbocycles. The smallest absolute Gasteiger partial charge is 0.387 e. The maximum atomic E-state index is 12.4. The van der Waals surface area contributed by atoms with Gasteiger partial charge in [0.1, 0.15) is 17.4 Å². The molecule has 0 bridgehead atoms. The Kier molecular flexibility index (Phi) is 4.64. The van der Waals surface area contributed by atoms with Crippen LogP contribution in [0.25, 0.3) is 5.69 Å². The number of fused-ring (bicyclic) bond motifs is 1. The summed E-state index contributed by atoms with van der Waals surface area (Å²) in [5.41, 5.74) is 9.12. The number of hydrogen-bond donors (Lipinski definition) is 1. The number of ether oxygens (including phenoxy) is 2. The van der Waals surface area contributed by atoms with Gasteiger partial charge in [0.25, 0.3) is 0 Å². The lowest BCUT2D eigenvalue weighted by Crippen LogP contribution is -2.22. The zero-order valence-electron chi connectivity index (χ0n) is 15.3. The van der Waals surface area contributed by atoms with Gasteiger partial charge in [0.2, 0.25) is 11.8 Å². The van der Waals surface area contributed by atoms with Gasteiger partial charge < -0.3 is 15.2 Å². The van der Waals surface area contributed by atoms with Gasteiger partial charge in [0, 0.05) is 0 Å². The summed E-state index contributed by atoms with van der Waals surface area (Å²) < 4.78 is 36.7. The molecule has 8 heteroatoms. The van der Waals surface area contributed by atoms with Crippen LogP contribution in [0.1, 0.15) is 22.7 Å². The zero-order valence-corrected chi connectivity index (χ0v) is 15.3. The van der Waals surface area contributed by atoms with Crippen molar-refractivity contribution in [2.45, 2.75) is 19.5 Å². The van der Waals surface area contributed by atoms with Gasteiger partial charge in [-0.3, -0.25) is 0 Å². The van der Waals surface area contributed by atoms with Crippen molar-refractivity contribution in [3.63, 3.8) is 0 Å². The first-order valence-electron chi connectivity index (χ1n) is 8.77. The Balaban J connectivity index is 1.85. The highest BCUT2D eigenvalue weighted by atomic mass is 19.3. The highest BCUT2D eigenvalue weighted by Gasteiger charge is 2.36. The average Bonchev–Trinajstić information content (AvgIpc) is 3.04. The normalized spacial score (nSPS) is 15.6. The molecule has 0 aliphatic carbocycles. The molecule has 1 aliphatic rings. The largest absolute Gasteiger partial charge is 0.435 e. The molecular formula is C21H16F2N4O2. The number of aryl methyl sites for hydroxylation is 1. The summed E-state index contributed by atoms with van der Waals surface area (Å²) in [6, 6.07) is 17.6. The molecule has 2 N–H and O–H groups in total. The summed E-state index contributed by atoms with van der Waals surface area (Å²) in [5.74, 6) is -0.108. The summed E-state index contributed by atoms with van der Waals surface area (Å²) in [7, 11) is 0. The molecule has 6 nitrogen and oxygen atoms in total. The van der Waals surface area contributed by atoms with Crippen LogP contribution < -0.4 is 15.2 Å². The molecule has 0 amide bonds. The summed E-state index contributed by atoms with van der Waals surface area (Å²) in [6.07, 6.45) is 0. The Morgan fingerprint density at radius 3 is 2.48 bits per heavy atom. The molecule has 146 valence electrons. The standard InChI is InChI=1S/C21H16F2N4O2/c1-12-17-18(13-7-9-15(10-8-13)28-21(22)23)16(11-24)19(25)29-20(17)27(26-12)14-5-3-2-4-6-14/h2-10,18,21H,25H2,1H3/t18-/m1/s1. The van der Waals surface area contributed by atoms with Crippen LogP contribution >= 0.6 is 0 Å². The topological polar surface area (TPSA) is 86.1 Å². The monoisotopic (exact) mass is 394 g/mol. The first-order chi connectivity index (χ1) is 14.0. The van der Waals surface area contributed by atoms with Crippen molar-refractivity contribution in [1.82, 2.24) is 9.78 Å². The number of nitriles is 1. The fourth-order valence-electron chi connectivity index (χ4n) is 3.43. The number of benzene rings is 2. The van der Waals surface area contributed by atoms with E-state index in [1.54, 1.807) is 16.8 Å². The predicted molar refractivity (Wildman–Crippen MR) is 101 cm³/mol. The number of para-hydroxylation sites is 1. The van der Waals surface area contributed by atoms with Gasteiger partial charge in [-0.05, 0) is 36.8 Å². The Hall–Kier alpha value is -3.86. The molecule has 1 atom stereocenters. The van der Waals surface area contributed by atoms with Gasteiger partial charge in [-0.2, -0.15) is 19.1 Å². The van der Waals surface area contributed by atoms with Gasteiger partial charge in [-0.1, -0.05) is 30.3 Å². The van der Waals surface area contributed by atoms with Crippen molar-refractivity contribution in [1.29, 1.82) is 5.26 Å². The van der Waals surface area contributed by atoms with E-state index in [-0.39, 0.29) is 17.2 Å². The van der Waals surface area contributed by atoms with Crippen molar-refractivity contribution in [3.8, 4) is 23.4 Å². The fourth-order valence-corrected chi connectivity index (χ4v) is 3.43. The van der Waals surface area contributed by atoms with Crippen molar-refractivity contribution in [2.75, 3.05) is 0 Å². The van der Waals surface area contributed by atoms with Crippen LogP contribution in [0, 0.1) is 18.3 Å². The Labute approximate surface area is 165 Å². The van der Waals surface area contributed by atoms with Crippen molar-refractivity contribution in [2.24, 2.45) is 5.73 Å². The highest BCUT2D eigenvalue weighted by Crippen LogP contribution is 2.44. The van der Waals surface area contributed by atoms with Crippen LogP contribution in [-0.2, 0) is 0 Å². The number of nitrogens with two attached hydrogens (primary N) is 1. The second-order valence-corrected chi connectivity index (χ2v) is 6.42. The molecule has 1 aliphatic heterocycles. The van der Waals surface area contributed by atoms with Crippen molar-refractivity contribution >= 4 is 0 Å². The molecule has 0 unspecified atom stereocenters. The molecule has 2 heterocycles. The number of rotatable bonds is 4.